The molecule has 9 nitrogen and oxygen atoms in total. The first-order valence-corrected chi connectivity index (χ1v) is 12.8. The van der Waals surface area contributed by atoms with Gasteiger partial charge in [0.1, 0.15) is 17.1 Å². The molecule has 2 atom stereocenters. The number of anilines is 1. The lowest BCUT2D eigenvalue weighted by Gasteiger charge is -2.39. The third-order valence-corrected chi connectivity index (χ3v) is 6.93. The lowest BCUT2D eigenvalue weighted by atomic mass is 9.94. The summed E-state index contributed by atoms with van der Waals surface area (Å²) < 4.78 is 22.8. The molecular weight excluding hydrogens is 502 g/mol. The molecule has 2 aromatic carbocycles. The number of benzene rings is 2. The monoisotopic (exact) mass is 537 g/mol. The number of fused-ring (bicyclic) bond motifs is 1. The molecule has 0 bridgehead atoms. The van der Waals surface area contributed by atoms with Gasteiger partial charge in [0.25, 0.3) is 5.91 Å². The summed E-state index contributed by atoms with van der Waals surface area (Å²) in [5.74, 6) is 0.0832. The minimum atomic E-state index is -0.898. The van der Waals surface area contributed by atoms with Gasteiger partial charge in [0.2, 0.25) is 6.29 Å². The van der Waals surface area contributed by atoms with E-state index in [0.717, 1.165) is 11.1 Å². The van der Waals surface area contributed by atoms with Crippen LogP contribution in [-0.4, -0.2) is 41.2 Å². The van der Waals surface area contributed by atoms with Crippen molar-refractivity contribution < 1.29 is 33.6 Å². The van der Waals surface area contributed by atoms with Gasteiger partial charge in [-0.1, -0.05) is 11.6 Å². The molecule has 9 heteroatoms. The Balaban J connectivity index is 1.61. The van der Waals surface area contributed by atoms with Crippen molar-refractivity contribution in [3.63, 3.8) is 0 Å². The Morgan fingerprint density at radius 2 is 1.90 bits per heavy atom. The number of aliphatic hydroxyl groups excluding tert-OH is 1. The van der Waals surface area contributed by atoms with Gasteiger partial charge in [-0.25, -0.2) is 4.79 Å². The van der Waals surface area contributed by atoms with Gasteiger partial charge >= 0.3 is 5.63 Å². The number of aliphatic hydroxyl groups is 1. The molecule has 1 aliphatic heterocycles. The zero-order chi connectivity index (χ0) is 28.5. The van der Waals surface area contributed by atoms with Gasteiger partial charge in [0.05, 0.1) is 24.2 Å². The summed E-state index contributed by atoms with van der Waals surface area (Å²) in [6, 6.07) is 8.16. The summed E-state index contributed by atoms with van der Waals surface area (Å²) in [5.41, 5.74) is 0.849. The number of hydrogen-bond donors (Lipinski definition) is 3. The van der Waals surface area contributed by atoms with Gasteiger partial charge in [-0.15, -0.1) is 0 Å². The van der Waals surface area contributed by atoms with E-state index in [4.69, 9.17) is 18.6 Å². The number of hydrogen-bond acceptors (Lipinski definition) is 8. The number of amides is 1. The second-order valence-corrected chi connectivity index (χ2v) is 10.5. The van der Waals surface area contributed by atoms with Gasteiger partial charge in [-0.05, 0) is 83.4 Å². The smallest absolute Gasteiger partial charge is 0.364 e. The van der Waals surface area contributed by atoms with Crippen LogP contribution in [-0.2, 0) is 11.2 Å². The molecule has 2 unspecified atom stereocenters. The van der Waals surface area contributed by atoms with Crippen LogP contribution in [0.2, 0.25) is 0 Å². The fraction of sp³-hybridized carbons (Fsp3) is 0.400. The van der Waals surface area contributed by atoms with Crippen LogP contribution < -0.4 is 20.4 Å². The molecule has 39 heavy (non-hydrogen) atoms. The largest absolute Gasteiger partial charge is 0.505 e. The average molecular weight is 538 g/mol. The van der Waals surface area contributed by atoms with E-state index in [1.807, 2.05) is 19.9 Å². The van der Waals surface area contributed by atoms with Crippen molar-refractivity contribution in [1.82, 2.24) is 0 Å². The molecule has 208 valence electrons. The summed E-state index contributed by atoms with van der Waals surface area (Å²) in [7, 11) is 1.56. The van der Waals surface area contributed by atoms with E-state index in [-0.39, 0.29) is 16.7 Å². The standard InChI is InChI=1S/C30H35NO8/c1-16(2)7-8-18-15-19(9-11-22(18)36-6)28(34)31-25-26(33)20-10-12-21(17(3)27(20)38-29(25)35)37-24-14-13-23(32)30(4,5)39-24/h7,9-12,15,23-24,32-33H,8,13-14H2,1-6H3,(H,31,34). The second kappa shape index (κ2) is 11.1. The van der Waals surface area contributed by atoms with Crippen LogP contribution in [0.25, 0.3) is 11.0 Å². The number of aryl methyl sites for hydroxylation is 1. The maximum Gasteiger partial charge on any atom is 0.364 e. The molecule has 1 fully saturated rings. The maximum atomic E-state index is 13.1. The highest BCUT2D eigenvalue weighted by atomic mass is 16.7. The highest BCUT2D eigenvalue weighted by molar-refractivity contribution is 6.06. The molecule has 0 radical (unpaired) electrons. The van der Waals surface area contributed by atoms with Crippen LogP contribution in [0.4, 0.5) is 5.69 Å². The number of nitrogens with one attached hydrogen (secondary N) is 1. The van der Waals surface area contributed by atoms with Crippen molar-refractivity contribution >= 4 is 22.6 Å². The maximum absolute atomic E-state index is 13.1. The fourth-order valence-electron chi connectivity index (χ4n) is 4.53. The first kappa shape index (κ1) is 28.2. The Hall–Kier alpha value is -3.82. The van der Waals surface area contributed by atoms with Gasteiger partial charge in [0, 0.05) is 17.5 Å². The van der Waals surface area contributed by atoms with E-state index in [1.54, 1.807) is 58.2 Å². The van der Waals surface area contributed by atoms with Gasteiger partial charge in [-0.2, -0.15) is 0 Å². The van der Waals surface area contributed by atoms with Gasteiger partial charge < -0.3 is 34.2 Å². The normalized spacial score (nSPS) is 18.4. The zero-order valence-corrected chi connectivity index (χ0v) is 23.1. The molecular formula is C30H35NO8. The lowest BCUT2D eigenvalue weighted by Crippen LogP contribution is -2.48. The van der Waals surface area contributed by atoms with E-state index in [9.17, 15) is 19.8 Å². The molecule has 1 aromatic heterocycles. The minimum Gasteiger partial charge on any atom is -0.505 e. The predicted molar refractivity (Wildman–Crippen MR) is 148 cm³/mol. The third-order valence-electron chi connectivity index (χ3n) is 6.93. The van der Waals surface area contributed by atoms with Crippen molar-refractivity contribution in [2.75, 3.05) is 12.4 Å². The number of rotatable bonds is 7. The average Bonchev–Trinajstić information content (AvgIpc) is 2.88. The van der Waals surface area contributed by atoms with Crippen molar-refractivity contribution in [3.05, 3.63) is 69.1 Å². The van der Waals surface area contributed by atoms with E-state index in [2.05, 4.69) is 5.32 Å². The van der Waals surface area contributed by atoms with E-state index >= 15 is 0 Å². The number of carbonyl (C=O) groups excluding carboxylic acids is 1. The molecule has 0 spiro atoms. The number of allylic oxidation sites excluding steroid dienone is 2. The summed E-state index contributed by atoms with van der Waals surface area (Å²) in [6.07, 6.45) is 2.42. The van der Waals surface area contributed by atoms with E-state index in [1.165, 1.54) is 0 Å². The molecule has 4 rings (SSSR count). The number of aromatic hydroxyl groups is 1. The molecule has 3 N–H and O–H groups in total. The topological polar surface area (TPSA) is 127 Å². The summed E-state index contributed by atoms with van der Waals surface area (Å²) >= 11 is 0. The highest BCUT2D eigenvalue weighted by Gasteiger charge is 2.37. The van der Waals surface area contributed by atoms with Crippen LogP contribution in [0.5, 0.6) is 17.2 Å². The molecule has 1 saturated heterocycles. The van der Waals surface area contributed by atoms with Gasteiger partial charge in [-0.3, -0.25) is 4.79 Å². The number of carbonyl (C=O) groups is 1. The van der Waals surface area contributed by atoms with Crippen molar-refractivity contribution in [1.29, 1.82) is 0 Å². The van der Waals surface area contributed by atoms with Crippen LogP contribution >= 0.6 is 0 Å². The molecule has 3 aromatic rings. The summed E-state index contributed by atoms with van der Waals surface area (Å²) in [5, 5.41) is 23.8. The Morgan fingerprint density at radius 1 is 1.18 bits per heavy atom. The Labute approximate surface area is 227 Å². The van der Waals surface area contributed by atoms with Gasteiger partial charge in [0.15, 0.2) is 11.4 Å². The second-order valence-electron chi connectivity index (χ2n) is 10.5. The van der Waals surface area contributed by atoms with Crippen LogP contribution in [0.15, 0.2) is 51.2 Å². The Bertz CT molecular complexity index is 1480. The van der Waals surface area contributed by atoms with Crippen LogP contribution in [0.1, 0.15) is 62.0 Å². The molecule has 0 saturated carbocycles. The van der Waals surface area contributed by atoms with Crippen molar-refractivity contribution in [3.8, 4) is 17.2 Å². The number of methoxy groups -OCH3 is 1. The summed E-state index contributed by atoms with van der Waals surface area (Å²) in [4.78, 5) is 25.9. The van der Waals surface area contributed by atoms with Crippen LogP contribution in [0.3, 0.4) is 0 Å². The van der Waals surface area contributed by atoms with Crippen molar-refractivity contribution in [2.45, 2.75) is 71.9 Å². The molecule has 2 heterocycles. The van der Waals surface area contributed by atoms with Crippen molar-refractivity contribution in [2.24, 2.45) is 0 Å². The first-order chi connectivity index (χ1) is 18.4. The Morgan fingerprint density at radius 3 is 2.56 bits per heavy atom. The highest BCUT2D eigenvalue weighted by Crippen LogP contribution is 2.37. The van der Waals surface area contributed by atoms with E-state index < -0.39 is 35.3 Å². The SMILES string of the molecule is COc1ccc(C(=O)Nc2c(O)c3ccc(OC4CCC(O)C(C)(C)O4)c(C)c3oc2=O)cc1CC=C(C)C. The lowest BCUT2D eigenvalue weighted by molar-refractivity contribution is -0.227. The Kier molecular flexibility index (Phi) is 8.04. The minimum absolute atomic E-state index is 0.136. The quantitative estimate of drug-likeness (QED) is 0.276. The summed E-state index contributed by atoms with van der Waals surface area (Å²) in [6.45, 7) is 9.26. The first-order valence-electron chi connectivity index (χ1n) is 12.8. The predicted octanol–water partition coefficient (Wildman–Crippen LogP) is 5.23. The van der Waals surface area contributed by atoms with E-state index in [0.29, 0.717) is 41.9 Å². The molecule has 0 aliphatic carbocycles. The zero-order valence-electron chi connectivity index (χ0n) is 23.1. The number of ether oxygens (including phenoxy) is 3. The molecule has 1 amide bonds. The third kappa shape index (κ3) is 5.94. The fourth-order valence-corrected chi connectivity index (χ4v) is 4.53. The van der Waals surface area contributed by atoms with Crippen LogP contribution in [0, 0.1) is 6.92 Å². The molecule has 1 aliphatic rings.